The summed E-state index contributed by atoms with van der Waals surface area (Å²) in [7, 11) is 0. The molecule has 0 spiro atoms. The minimum atomic E-state index is -0.357. The normalized spacial score (nSPS) is 19.4. The van der Waals surface area contributed by atoms with Crippen LogP contribution in [0.15, 0.2) is 18.3 Å². The van der Waals surface area contributed by atoms with E-state index in [4.69, 9.17) is 15.5 Å². The van der Waals surface area contributed by atoms with Gasteiger partial charge in [0, 0.05) is 6.20 Å². The molecular weight excluding hydrogens is 258 g/mol. The maximum Gasteiger partial charge on any atom is 0.133 e. The van der Waals surface area contributed by atoms with E-state index in [1.54, 1.807) is 17.5 Å². The van der Waals surface area contributed by atoms with E-state index >= 15 is 0 Å². The summed E-state index contributed by atoms with van der Waals surface area (Å²) < 4.78 is 6.07. The number of hydrogen-bond donors (Lipinski definition) is 1. The molecule has 4 nitrogen and oxygen atoms in total. The van der Waals surface area contributed by atoms with Gasteiger partial charge in [0.25, 0.3) is 0 Å². The molecule has 0 aromatic carbocycles. The van der Waals surface area contributed by atoms with Crippen molar-refractivity contribution in [3.8, 4) is 10.6 Å². The van der Waals surface area contributed by atoms with Gasteiger partial charge < -0.3 is 10.5 Å². The lowest BCUT2D eigenvalue weighted by Gasteiger charge is -2.24. The van der Waals surface area contributed by atoms with Crippen LogP contribution in [0.4, 0.5) is 5.82 Å². The zero-order valence-corrected chi connectivity index (χ0v) is 12.3. The Bertz CT molecular complexity index is 614. The number of anilines is 1. The first-order chi connectivity index (χ1) is 8.81. The summed E-state index contributed by atoms with van der Waals surface area (Å²) in [4.78, 5) is 10.0. The van der Waals surface area contributed by atoms with Crippen LogP contribution in [0.25, 0.3) is 10.6 Å². The van der Waals surface area contributed by atoms with Gasteiger partial charge in [-0.25, -0.2) is 9.97 Å². The van der Waals surface area contributed by atoms with Crippen LogP contribution in [-0.4, -0.2) is 9.97 Å². The van der Waals surface area contributed by atoms with Crippen molar-refractivity contribution in [2.75, 3.05) is 5.73 Å². The highest BCUT2D eigenvalue weighted by Gasteiger charge is 2.46. The molecule has 2 aromatic rings. The molecule has 100 valence electrons. The van der Waals surface area contributed by atoms with Gasteiger partial charge in [-0.3, -0.25) is 0 Å². The molecule has 0 fully saturated rings. The number of thiazole rings is 1. The number of hydrogen-bond acceptors (Lipinski definition) is 5. The fraction of sp³-hybridized carbons (Fsp3) is 0.429. The number of ether oxygens (including phenoxy) is 1. The molecule has 0 bridgehead atoms. The van der Waals surface area contributed by atoms with Crippen molar-refractivity contribution in [3.05, 3.63) is 28.9 Å². The van der Waals surface area contributed by atoms with Gasteiger partial charge in [-0.05, 0) is 39.8 Å². The number of aromatic nitrogens is 2. The molecule has 2 N–H and O–H groups in total. The molecule has 0 saturated carbocycles. The summed E-state index contributed by atoms with van der Waals surface area (Å²) in [5, 5.41) is 0.917. The summed E-state index contributed by atoms with van der Waals surface area (Å²) in [6, 6.07) is 3.84. The molecule has 1 aliphatic rings. The predicted octanol–water partition coefficient (Wildman–Crippen LogP) is 3.29. The van der Waals surface area contributed by atoms with E-state index in [-0.39, 0.29) is 11.2 Å². The SMILES string of the molecule is CC1(C)OC(C)(C)c2sc(-c3cccnc3N)nc21. The van der Waals surface area contributed by atoms with Gasteiger partial charge in [0.2, 0.25) is 0 Å². The van der Waals surface area contributed by atoms with Gasteiger partial charge in [0.15, 0.2) is 0 Å². The summed E-state index contributed by atoms with van der Waals surface area (Å²) in [5.74, 6) is 0.520. The lowest BCUT2D eigenvalue weighted by molar-refractivity contribution is -0.105. The Morgan fingerprint density at radius 1 is 1.21 bits per heavy atom. The van der Waals surface area contributed by atoms with Crippen molar-refractivity contribution in [2.45, 2.75) is 38.9 Å². The third-order valence-electron chi connectivity index (χ3n) is 3.32. The van der Waals surface area contributed by atoms with Crippen LogP contribution in [-0.2, 0) is 15.9 Å². The van der Waals surface area contributed by atoms with Crippen LogP contribution in [0, 0.1) is 0 Å². The summed E-state index contributed by atoms with van der Waals surface area (Å²) in [5.41, 5.74) is 7.19. The fourth-order valence-corrected chi connectivity index (χ4v) is 3.87. The van der Waals surface area contributed by atoms with Gasteiger partial charge in [-0.1, -0.05) is 0 Å². The van der Waals surface area contributed by atoms with Crippen molar-refractivity contribution in [2.24, 2.45) is 0 Å². The van der Waals surface area contributed by atoms with E-state index in [0.717, 1.165) is 16.3 Å². The molecule has 0 radical (unpaired) electrons. The smallest absolute Gasteiger partial charge is 0.133 e. The third kappa shape index (κ3) is 1.84. The molecular formula is C14H17N3OS. The van der Waals surface area contributed by atoms with Crippen molar-refractivity contribution in [3.63, 3.8) is 0 Å². The van der Waals surface area contributed by atoms with Gasteiger partial charge >= 0.3 is 0 Å². The zero-order chi connectivity index (χ0) is 13.8. The highest BCUT2D eigenvalue weighted by Crippen LogP contribution is 2.50. The Balaban J connectivity index is 2.17. The zero-order valence-electron chi connectivity index (χ0n) is 11.5. The lowest BCUT2D eigenvalue weighted by atomic mass is 10.0. The van der Waals surface area contributed by atoms with Crippen LogP contribution in [0.5, 0.6) is 0 Å². The van der Waals surface area contributed by atoms with E-state index in [1.807, 2.05) is 12.1 Å². The molecule has 0 aliphatic carbocycles. The molecule has 3 heterocycles. The molecule has 0 atom stereocenters. The monoisotopic (exact) mass is 275 g/mol. The lowest BCUT2D eigenvalue weighted by Crippen LogP contribution is -2.23. The number of fused-ring (bicyclic) bond motifs is 1. The minimum absolute atomic E-state index is 0.300. The Labute approximate surface area is 116 Å². The molecule has 0 unspecified atom stereocenters. The Morgan fingerprint density at radius 3 is 2.58 bits per heavy atom. The first-order valence-corrected chi connectivity index (χ1v) is 7.06. The minimum Gasteiger partial charge on any atom is -0.383 e. The van der Waals surface area contributed by atoms with Crippen LogP contribution in [0.1, 0.15) is 38.3 Å². The first-order valence-electron chi connectivity index (χ1n) is 6.24. The van der Waals surface area contributed by atoms with E-state index in [0.29, 0.717) is 5.82 Å². The number of pyridine rings is 1. The van der Waals surface area contributed by atoms with Crippen LogP contribution in [0.3, 0.4) is 0 Å². The Hall–Kier alpha value is -1.46. The van der Waals surface area contributed by atoms with E-state index in [9.17, 15) is 0 Å². The third-order valence-corrected chi connectivity index (χ3v) is 4.72. The average Bonchev–Trinajstić information content (AvgIpc) is 2.80. The summed E-state index contributed by atoms with van der Waals surface area (Å²) >= 11 is 1.64. The van der Waals surface area contributed by atoms with Crippen LogP contribution < -0.4 is 5.73 Å². The molecule has 5 heteroatoms. The summed E-state index contributed by atoms with van der Waals surface area (Å²) in [6.07, 6.45) is 1.69. The average molecular weight is 275 g/mol. The van der Waals surface area contributed by atoms with Gasteiger partial charge in [0.05, 0.1) is 21.7 Å². The van der Waals surface area contributed by atoms with Gasteiger partial charge in [-0.15, -0.1) is 11.3 Å². The predicted molar refractivity (Wildman–Crippen MR) is 76.9 cm³/mol. The molecule has 19 heavy (non-hydrogen) atoms. The maximum absolute atomic E-state index is 6.07. The number of rotatable bonds is 1. The Morgan fingerprint density at radius 2 is 1.95 bits per heavy atom. The second kappa shape index (κ2) is 3.77. The summed E-state index contributed by atoms with van der Waals surface area (Å²) in [6.45, 7) is 8.26. The van der Waals surface area contributed by atoms with Gasteiger partial charge in [0.1, 0.15) is 16.4 Å². The second-order valence-electron chi connectivity index (χ2n) is 5.76. The molecule has 3 rings (SSSR count). The largest absolute Gasteiger partial charge is 0.383 e. The number of nitrogens with two attached hydrogens (primary N) is 1. The molecule has 2 aromatic heterocycles. The maximum atomic E-state index is 6.07. The van der Waals surface area contributed by atoms with E-state index < -0.39 is 0 Å². The quantitative estimate of drug-likeness (QED) is 0.867. The number of nitrogen functional groups attached to an aromatic ring is 1. The molecule has 0 saturated heterocycles. The highest BCUT2D eigenvalue weighted by atomic mass is 32.1. The van der Waals surface area contributed by atoms with Crippen LogP contribution in [0.2, 0.25) is 0 Å². The topological polar surface area (TPSA) is 61.0 Å². The number of nitrogens with zero attached hydrogens (tertiary/aromatic N) is 2. The Kier molecular flexibility index (Phi) is 2.50. The van der Waals surface area contributed by atoms with Crippen molar-refractivity contribution in [1.29, 1.82) is 0 Å². The van der Waals surface area contributed by atoms with E-state index in [2.05, 4.69) is 32.7 Å². The molecule has 0 amide bonds. The first kappa shape index (κ1) is 12.6. The molecule has 1 aliphatic heterocycles. The highest BCUT2D eigenvalue weighted by molar-refractivity contribution is 7.15. The fourth-order valence-electron chi connectivity index (χ4n) is 2.58. The van der Waals surface area contributed by atoms with Crippen LogP contribution >= 0.6 is 11.3 Å². The van der Waals surface area contributed by atoms with Gasteiger partial charge in [-0.2, -0.15) is 0 Å². The standard InChI is InChI=1S/C14H17N3OS/c1-13(2)9-10(14(3,4)18-13)19-12(17-9)8-6-5-7-16-11(8)15/h5-7H,1-4H3,(H2,15,16). The van der Waals surface area contributed by atoms with Crippen molar-refractivity contribution < 1.29 is 4.74 Å². The van der Waals surface area contributed by atoms with Crippen molar-refractivity contribution >= 4 is 17.2 Å². The second-order valence-corrected chi connectivity index (χ2v) is 6.75. The van der Waals surface area contributed by atoms with Crippen molar-refractivity contribution in [1.82, 2.24) is 9.97 Å². The van der Waals surface area contributed by atoms with E-state index in [1.165, 1.54) is 4.88 Å².